The quantitative estimate of drug-likeness (QED) is 0.921. The van der Waals surface area contributed by atoms with Gasteiger partial charge in [0.25, 0.3) is 0 Å². The molecule has 1 aliphatic heterocycles. The molecule has 1 saturated heterocycles. The summed E-state index contributed by atoms with van der Waals surface area (Å²) in [5, 5.41) is 7.76. The van der Waals surface area contributed by atoms with Crippen LogP contribution in [0.3, 0.4) is 0 Å². The van der Waals surface area contributed by atoms with E-state index in [-0.39, 0.29) is 24.8 Å². The molecule has 2 aromatic heterocycles. The summed E-state index contributed by atoms with van der Waals surface area (Å²) in [5.41, 5.74) is 2.20. The van der Waals surface area contributed by atoms with Crippen molar-refractivity contribution in [1.29, 1.82) is 0 Å². The van der Waals surface area contributed by atoms with Gasteiger partial charge < -0.3 is 5.32 Å². The number of rotatable bonds is 2. The van der Waals surface area contributed by atoms with Gasteiger partial charge in [0.15, 0.2) is 0 Å². The van der Waals surface area contributed by atoms with Crippen molar-refractivity contribution >= 4 is 24.8 Å². The van der Waals surface area contributed by atoms with E-state index in [4.69, 9.17) is 0 Å². The molecular formula is C12H17Cl2N5. The van der Waals surface area contributed by atoms with E-state index in [9.17, 15) is 0 Å². The monoisotopic (exact) mass is 301 g/mol. The van der Waals surface area contributed by atoms with Crippen LogP contribution >= 0.6 is 24.8 Å². The summed E-state index contributed by atoms with van der Waals surface area (Å²) in [5.74, 6) is 0.582. The number of hydrogen-bond donors (Lipinski definition) is 1. The summed E-state index contributed by atoms with van der Waals surface area (Å²) in [7, 11) is 0. The van der Waals surface area contributed by atoms with E-state index >= 15 is 0 Å². The minimum Gasteiger partial charge on any atom is -0.317 e. The zero-order chi connectivity index (χ0) is 11.5. The Bertz CT molecular complexity index is 482. The van der Waals surface area contributed by atoms with Gasteiger partial charge in [0.1, 0.15) is 12.0 Å². The Morgan fingerprint density at radius 2 is 1.79 bits per heavy atom. The molecule has 0 amide bonds. The lowest BCUT2D eigenvalue weighted by atomic mass is 9.94. The van der Waals surface area contributed by atoms with E-state index in [2.05, 4.69) is 26.4 Å². The summed E-state index contributed by atoms with van der Waals surface area (Å²) in [6.45, 7) is 2.17. The average Bonchev–Trinajstić information content (AvgIpc) is 2.90. The fourth-order valence-electron chi connectivity index (χ4n) is 2.36. The number of nitrogens with one attached hydrogen (secondary N) is 1. The van der Waals surface area contributed by atoms with Crippen LogP contribution in [-0.4, -0.2) is 32.8 Å². The van der Waals surface area contributed by atoms with Crippen LogP contribution in [0.15, 0.2) is 31.0 Å². The van der Waals surface area contributed by atoms with Crippen LogP contribution in [0.1, 0.15) is 24.5 Å². The van der Waals surface area contributed by atoms with Crippen molar-refractivity contribution in [2.24, 2.45) is 0 Å². The van der Waals surface area contributed by atoms with E-state index in [1.807, 2.05) is 10.9 Å². The number of hydrogen-bond acceptors (Lipinski definition) is 4. The van der Waals surface area contributed by atoms with Crippen molar-refractivity contribution in [1.82, 2.24) is 25.1 Å². The van der Waals surface area contributed by atoms with Gasteiger partial charge in [-0.3, -0.25) is 0 Å². The highest BCUT2D eigenvalue weighted by Crippen LogP contribution is 2.26. The minimum absolute atomic E-state index is 0. The molecule has 0 aromatic carbocycles. The molecule has 0 atom stereocenters. The number of piperidine rings is 1. The van der Waals surface area contributed by atoms with Crippen molar-refractivity contribution < 1.29 is 0 Å². The van der Waals surface area contributed by atoms with E-state index in [0.717, 1.165) is 18.8 Å². The third-order valence-electron chi connectivity index (χ3n) is 3.22. The zero-order valence-corrected chi connectivity index (χ0v) is 12.0. The SMILES string of the molecule is Cl.Cl.c1ncc(-n2nccc2C2CCNCC2)cn1. The van der Waals surface area contributed by atoms with Crippen molar-refractivity contribution in [3.63, 3.8) is 0 Å². The highest BCUT2D eigenvalue weighted by atomic mass is 35.5. The molecule has 3 heterocycles. The van der Waals surface area contributed by atoms with Crippen molar-refractivity contribution in [2.75, 3.05) is 13.1 Å². The van der Waals surface area contributed by atoms with Gasteiger partial charge >= 0.3 is 0 Å². The molecule has 7 heteroatoms. The van der Waals surface area contributed by atoms with Crippen LogP contribution in [0.5, 0.6) is 0 Å². The first kappa shape index (κ1) is 15.9. The maximum absolute atomic E-state index is 4.38. The minimum atomic E-state index is 0. The van der Waals surface area contributed by atoms with Gasteiger partial charge in [-0.25, -0.2) is 14.6 Å². The second-order valence-corrected chi connectivity index (χ2v) is 4.29. The molecule has 0 aliphatic carbocycles. The summed E-state index contributed by atoms with van der Waals surface area (Å²) in [6.07, 6.45) is 9.31. The predicted molar refractivity (Wildman–Crippen MR) is 78.5 cm³/mol. The molecule has 5 nitrogen and oxygen atoms in total. The van der Waals surface area contributed by atoms with Gasteiger partial charge in [-0.15, -0.1) is 24.8 Å². The van der Waals surface area contributed by atoms with Crippen molar-refractivity contribution in [3.8, 4) is 5.69 Å². The lowest BCUT2D eigenvalue weighted by molar-refractivity contribution is 0.446. The second-order valence-electron chi connectivity index (χ2n) is 4.29. The lowest BCUT2D eigenvalue weighted by Crippen LogP contribution is -2.27. The standard InChI is InChI=1S/C12H15N5.2ClH/c1-4-13-5-2-10(1)12-3-6-16-17(12)11-7-14-9-15-8-11;;/h3,6-10,13H,1-2,4-5H2;2*1H. The molecule has 0 radical (unpaired) electrons. The van der Waals surface area contributed by atoms with Gasteiger partial charge in [-0.1, -0.05) is 0 Å². The number of nitrogens with zero attached hydrogens (tertiary/aromatic N) is 4. The summed E-state index contributed by atoms with van der Waals surface area (Å²) >= 11 is 0. The molecule has 1 fully saturated rings. The van der Waals surface area contributed by atoms with Crippen LogP contribution in [0, 0.1) is 0 Å². The Hall–Kier alpha value is -1.17. The number of halogens is 2. The molecule has 0 spiro atoms. The van der Waals surface area contributed by atoms with Gasteiger partial charge in [-0.05, 0) is 32.0 Å². The molecule has 0 bridgehead atoms. The predicted octanol–water partition coefficient (Wildman–Crippen LogP) is 1.97. The lowest BCUT2D eigenvalue weighted by Gasteiger charge is -2.23. The molecule has 2 aromatic rings. The van der Waals surface area contributed by atoms with E-state index in [1.54, 1.807) is 12.4 Å². The molecule has 0 saturated carbocycles. The van der Waals surface area contributed by atoms with Crippen molar-refractivity contribution in [3.05, 3.63) is 36.7 Å². The van der Waals surface area contributed by atoms with Gasteiger partial charge in [0.2, 0.25) is 0 Å². The third kappa shape index (κ3) is 3.43. The van der Waals surface area contributed by atoms with Crippen LogP contribution < -0.4 is 5.32 Å². The smallest absolute Gasteiger partial charge is 0.115 e. The Morgan fingerprint density at radius 1 is 1.11 bits per heavy atom. The van der Waals surface area contributed by atoms with E-state index < -0.39 is 0 Å². The Balaban J connectivity index is 0.000000902. The molecule has 104 valence electrons. The highest BCUT2D eigenvalue weighted by Gasteiger charge is 2.19. The molecule has 1 aliphatic rings. The summed E-state index contributed by atoms with van der Waals surface area (Å²) in [6, 6.07) is 2.10. The zero-order valence-electron chi connectivity index (χ0n) is 10.4. The number of aromatic nitrogens is 4. The fourth-order valence-corrected chi connectivity index (χ4v) is 2.36. The second kappa shape index (κ2) is 7.43. The summed E-state index contributed by atoms with van der Waals surface area (Å²) < 4.78 is 1.95. The fraction of sp³-hybridized carbons (Fsp3) is 0.417. The van der Waals surface area contributed by atoms with Crippen LogP contribution in [0.2, 0.25) is 0 Å². The third-order valence-corrected chi connectivity index (χ3v) is 3.22. The normalized spacial score (nSPS) is 15.4. The molecule has 0 unspecified atom stereocenters. The first-order chi connectivity index (χ1) is 8.45. The first-order valence-corrected chi connectivity index (χ1v) is 5.95. The largest absolute Gasteiger partial charge is 0.317 e. The maximum Gasteiger partial charge on any atom is 0.115 e. The molecule has 1 N–H and O–H groups in total. The Labute approximate surface area is 124 Å². The Morgan fingerprint density at radius 3 is 2.47 bits per heavy atom. The van der Waals surface area contributed by atoms with Gasteiger partial charge in [0, 0.05) is 17.8 Å². The van der Waals surface area contributed by atoms with Crippen LogP contribution in [0.4, 0.5) is 0 Å². The molecule has 3 rings (SSSR count). The van der Waals surface area contributed by atoms with Crippen molar-refractivity contribution in [2.45, 2.75) is 18.8 Å². The van der Waals surface area contributed by atoms with E-state index in [0.29, 0.717) is 5.92 Å². The molecule has 19 heavy (non-hydrogen) atoms. The Kier molecular flexibility index (Phi) is 6.21. The van der Waals surface area contributed by atoms with Gasteiger partial charge in [-0.2, -0.15) is 5.10 Å². The molecular weight excluding hydrogens is 285 g/mol. The highest BCUT2D eigenvalue weighted by molar-refractivity contribution is 5.85. The van der Waals surface area contributed by atoms with Gasteiger partial charge in [0.05, 0.1) is 12.4 Å². The summed E-state index contributed by atoms with van der Waals surface area (Å²) in [4.78, 5) is 8.09. The first-order valence-electron chi connectivity index (χ1n) is 5.95. The van der Waals surface area contributed by atoms with Crippen LogP contribution in [0.25, 0.3) is 5.69 Å². The van der Waals surface area contributed by atoms with Crippen LogP contribution in [-0.2, 0) is 0 Å². The maximum atomic E-state index is 4.38. The van der Waals surface area contributed by atoms with E-state index in [1.165, 1.54) is 24.9 Å². The average molecular weight is 302 g/mol. The topological polar surface area (TPSA) is 55.6 Å².